The van der Waals surface area contributed by atoms with Crippen molar-refractivity contribution in [2.45, 2.75) is 59.2 Å². The Labute approximate surface area is 291 Å². The van der Waals surface area contributed by atoms with E-state index in [0.29, 0.717) is 36.8 Å². The minimum atomic E-state index is -4.60. The second kappa shape index (κ2) is 15.4. The molecule has 0 aliphatic carbocycles. The molecule has 6 rings (SSSR count). The van der Waals surface area contributed by atoms with Gasteiger partial charge in [0.25, 0.3) is 11.5 Å². The number of pyridine rings is 1. The Hall–Kier alpha value is -4.86. The first-order valence-corrected chi connectivity index (χ1v) is 17.0. The summed E-state index contributed by atoms with van der Waals surface area (Å²) in [6.45, 7) is 7.94. The van der Waals surface area contributed by atoms with Gasteiger partial charge in [-0.1, -0.05) is 32.4 Å². The third kappa shape index (κ3) is 7.49. The number of rotatable bonds is 7. The third-order valence-corrected chi connectivity index (χ3v) is 8.85. The van der Waals surface area contributed by atoms with Crippen molar-refractivity contribution >= 4 is 46.5 Å². The maximum absolute atomic E-state index is 14.1. The van der Waals surface area contributed by atoms with Crippen molar-refractivity contribution in [1.29, 1.82) is 0 Å². The summed E-state index contributed by atoms with van der Waals surface area (Å²) in [6, 6.07) is 5.58. The van der Waals surface area contributed by atoms with Crippen LogP contribution in [0, 0.1) is 0 Å². The van der Waals surface area contributed by atoms with Gasteiger partial charge in [-0.25, -0.2) is 4.98 Å². The number of amides is 2. The van der Waals surface area contributed by atoms with Gasteiger partial charge in [-0.3, -0.25) is 14.4 Å². The van der Waals surface area contributed by atoms with Gasteiger partial charge in [-0.05, 0) is 56.0 Å². The van der Waals surface area contributed by atoms with Crippen molar-refractivity contribution in [3.8, 4) is 5.75 Å². The lowest BCUT2D eigenvalue weighted by Crippen LogP contribution is -2.51. The molecular weight excluding hydrogens is 679 g/mol. The normalized spacial score (nSPS) is 15.1. The van der Waals surface area contributed by atoms with Gasteiger partial charge in [0.05, 0.1) is 22.0 Å². The lowest BCUT2D eigenvalue weighted by atomic mass is 10.1. The number of anilines is 3. The molecule has 50 heavy (non-hydrogen) atoms. The molecular formula is C33H39ClF3N9O4. The first-order valence-electron chi connectivity index (χ1n) is 16.6. The second-order valence-electron chi connectivity index (χ2n) is 11.6. The highest BCUT2D eigenvalue weighted by Gasteiger charge is 2.32. The molecule has 2 aliphatic heterocycles. The molecule has 268 valence electrons. The number of halogens is 4. The molecule has 3 aromatic heterocycles. The number of aromatic nitrogens is 5. The zero-order chi connectivity index (χ0) is 36.2. The zero-order valence-electron chi connectivity index (χ0n) is 28.0. The third-order valence-electron chi connectivity index (χ3n) is 8.53. The smallest absolute Gasteiger partial charge is 0.416 e. The number of carbonyl (C=O) groups excluding carboxylic acids is 2. The standard InChI is InChI=1S/C31H33ClF3N9O4.C2H6/c1-2-22-26(40-13-15-41(16-14-40)27(47)25-23(45)7-6-10-36-25)28(48)44-30(38-29(39-44)42-11-4-3-5-12-42)43(22)18-24(46)37-21-9-8-19(17-20(21)32)31(33,34)35;1-2/h6-10,17,45H,2-5,11-16,18H2,1H3,(H,37,46);1-2H3. The Kier molecular flexibility index (Phi) is 11.2. The highest BCUT2D eigenvalue weighted by molar-refractivity contribution is 6.33. The molecule has 0 radical (unpaired) electrons. The quantitative estimate of drug-likeness (QED) is 0.275. The first-order chi connectivity index (χ1) is 24.0. The van der Waals surface area contributed by atoms with E-state index in [9.17, 15) is 32.7 Å². The van der Waals surface area contributed by atoms with Crippen LogP contribution in [0.5, 0.6) is 5.75 Å². The van der Waals surface area contributed by atoms with Crippen molar-refractivity contribution < 1.29 is 27.9 Å². The van der Waals surface area contributed by atoms with Crippen LogP contribution in [-0.2, 0) is 23.9 Å². The molecule has 2 amide bonds. The van der Waals surface area contributed by atoms with E-state index in [-0.39, 0.29) is 60.7 Å². The molecule has 2 fully saturated rings. The fourth-order valence-electron chi connectivity index (χ4n) is 6.12. The number of hydrogen-bond donors (Lipinski definition) is 2. The van der Waals surface area contributed by atoms with Gasteiger partial charge in [-0.15, -0.1) is 5.10 Å². The summed E-state index contributed by atoms with van der Waals surface area (Å²) in [6.07, 6.45) is 0.108. The predicted molar refractivity (Wildman–Crippen MR) is 183 cm³/mol. The van der Waals surface area contributed by atoms with Crippen LogP contribution in [0.2, 0.25) is 5.02 Å². The average molecular weight is 718 g/mol. The number of nitrogens with one attached hydrogen (secondary N) is 1. The van der Waals surface area contributed by atoms with Gasteiger partial charge in [0.1, 0.15) is 18.0 Å². The number of piperazine rings is 1. The molecule has 2 saturated heterocycles. The van der Waals surface area contributed by atoms with Crippen LogP contribution < -0.4 is 20.7 Å². The number of carbonyl (C=O) groups is 2. The molecule has 0 bridgehead atoms. The van der Waals surface area contributed by atoms with Crippen molar-refractivity contribution in [3.05, 3.63) is 68.9 Å². The van der Waals surface area contributed by atoms with E-state index in [0.717, 1.165) is 37.5 Å². The van der Waals surface area contributed by atoms with Gasteiger partial charge in [0.15, 0.2) is 5.69 Å². The van der Waals surface area contributed by atoms with Crippen LogP contribution in [0.4, 0.5) is 30.5 Å². The molecule has 2 aliphatic rings. The number of piperidine rings is 1. The fourth-order valence-corrected chi connectivity index (χ4v) is 6.35. The lowest BCUT2D eigenvalue weighted by Gasteiger charge is -2.36. The number of benzene rings is 1. The van der Waals surface area contributed by atoms with E-state index < -0.39 is 29.1 Å². The molecule has 5 heterocycles. The van der Waals surface area contributed by atoms with E-state index in [1.807, 2.05) is 30.6 Å². The summed E-state index contributed by atoms with van der Waals surface area (Å²) >= 11 is 6.11. The van der Waals surface area contributed by atoms with E-state index in [4.69, 9.17) is 16.6 Å². The summed E-state index contributed by atoms with van der Waals surface area (Å²) in [5.41, 5.74) is -0.634. The predicted octanol–water partition coefficient (Wildman–Crippen LogP) is 4.84. The number of aromatic hydroxyl groups is 1. The number of hydrogen-bond acceptors (Lipinski definition) is 9. The average Bonchev–Trinajstić information content (AvgIpc) is 3.57. The van der Waals surface area contributed by atoms with Crippen molar-refractivity contribution in [1.82, 2.24) is 29.0 Å². The minimum absolute atomic E-state index is 0.000193. The Bertz CT molecular complexity index is 1920. The van der Waals surface area contributed by atoms with Gasteiger partial charge in [0, 0.05) is 45.5 Å². The zero-order valence-corrected chi connectivity index (χ0v) is 28.8. The maximum Gasteiger partial charge on any atom is 0.416 e. The monoisotopic (exact) mass is 717 g/mol. The maximum atomic E-state index is 14.1. The Morgan fingerprint density at radius 2 is 1.70 bits per heavy atom. The number of fused-ring (bicyclic) bond motifs is 1. The number of alkyl halides is 3. The molecule has 2 N–H and O–H groups in total. The van der Waals surface area contributed by atoms with Crippen LogP contribution in [0.15, 0.2) is 41.3 Å². The van der Waals surface area contributed by atoms with Crippen LogP contribution in [0.25, 0.3) is 5.78 Å². The molecule has 0 saturated carbocycles. The SMILES string of the molecule is CC.CCc1c(N2CCN(C(=O)c3ncccc3O)CC2)c(=O)n2nc(N3CCCCC3)nc2n1CC(=O)Nc1ccc(C(F)(F)F)cc1Cl. The topological polar surface area (TPSA) is 141 Å². The molecule has 4 aromatic rings. The molecule has 0 atom stereocenters. The largest absolute Gasteiger partial charge is 0.505 e. The van der Waals surface area contributed by atoms with Crippen LogP contribution in [0.1, 0.15) is 61.8 Å². The number of nitrogens with zero attached hydrogens (tertiary/aromatic N) is 8. The van der Waals surface area contributed by atoms with Gasteiger partial charge in [-0.2, -0.15) is 22.7 Å². The summed E-state index contributed by atoms with van der Waals surface area (Å²) in [5, 5.41) is 17.0. The van der Waals surface area contributed by atoms with E-state index in [1.165, 1.54) is 22.8 Å². The molecule has 17 heteroatoms. The highest BCUT2D eigenvalue weighted by Crippen LogP contribution is 2.34. The molecule has 0 spiro atoms. The summed E-state index contributed by atoms with van der Waals surface area (Å²) in [7, 11) is 0. The summed E-state index contributed by atoms with van der Waals surface area (Å²) in [5.74, 6) is -0.753. The Morgan fingerprint density at radius 3 is 2.32 bits per heavy atom. The minimum Gasteiger partial charge on any atom is -0.505 e. The summed E-state index contributed by atoms with van der Waals surface area (Å²) < 4.78 is 42.3. The van der Waals surface area contributed by atoms with Crippen molar-refractivity contribution in [2.75, 3.05) is 54.4 Å². The van der Waals surface area contributed by atoms with Crippen molar-refractivity contribution in [2.24, 2.45) is 0 Å². The molecule has 0 unspecified atom stereocenters. The van der Waals surface area contributed by atoms with Gasteiger partial charge < -0.3 is 29.7 Å². The second-order valence-corrected chi connectivity index (χ2v) is 12.0. The van der Waals surface area contributed by atoms with E-state index >= 15 is 0 Å². The van der Waals surface area contributed by atoms with Gasteiger partial charge in [0.2, 0.25) is 17.6 Å². The first kappa shape index (κ1) is 36.4. The van der Waals surface area contributed by atoms with Crippen molar-refractivity contribution in [3.63, 3.8) is 0 Å². The Balaban J connectivity index is 0.00000239. The van der Waals surface area contributed by atoms with Crippen LogP contribution in [-0.4, -0.2) is 85.2 Å². The van der Waals surface area contributed by atoms with Crippen LogP contribution >= 0.6 is 11.6 Å². The van der Waals surface area contributed by atoms with E-state index in [1.54, 1.807) is 9.47 Å². The molecule has 1 aromatic carbocycles. The van der Waals surface area contributed by atoms with E-state index in [2.05, 4.69) is 15.4 Å². The summed E-state index contributed by atoms with van der Waals surface area (Å²) in [4.78, 5) is 54.7. The van der Waals surface area contributed by atoms with Crippen LogP contribution in [0.3, 0.4) is 0 Å². The highest BCUT2D eigenvalue weighted by atomic mass is 35.5. The fraction of sp³-hybridized carbons (Fsp3) is 0.455. The lowest BCUT2D eigenvalue weighted by molar-refractivity contribution is -0.137. The molecule has 13 nitrogen and oxygen atoms in total. The Morgan fingerprint density at radius 1 is 1.00 bits per heavy atom. The van der Waals surface area contributed by atoms with Gasteiger partial charge >= 0.3 is 6.18 Å².